The van der Waals surface area contributed by atoms with Gasteiger partial charge >= 0.3 is 0 Å². The first-order valence-electron chi connectivity index (χ1n) is 5.84. The van der Waals surface area contributed by atoms with E-state index in [0.717, 1.165) is 22.4 Å². The van der Waals surface area contributed by atoms with E-state index in [0.29, 0.717) is 4.64 Å². The fourth-order valence-electron chi connectivity index (χ4n) is 2.06. The molecule has 1 heterocycles. The van der Waals surface area contributed by atoms with Gasteiger partial charge in [0.1, 0.15) is 10.5 Å². The van der Waals surface area contributed by atoms with Crippen molar-refractivity contribution in [1.29, 1.82) is 0 Å². The SMILES string of the molecule is Cc1cc(F)cc(-c2[nH]cnc(=S)c2C(C)C)c1. The Kier molecular flexibility index (Phi) is 3.57. The van der Waals surface area contributed by atoms with Gasteiger partial charge in [-0.05, 0) is 36.6 Å². The lowest BCUT2D eigenvalue weighted by Crippen LogP contribution is -1.99. The molecule has 2 nitrogen and oxygen atoms in total. The minimum Gasteiger partial charge on any atom is -0.346 e. The fourth-order valence-corrected chi connectivity index (χ4v) is 2.46. The molecular formula is C14H15FN2S. The van der Waals surface area contributed by atoms with Crippen molar-refractivity contribution in [3.63, 3.8) is 0 Å². The average molecular weight is 262 g/mol. The third-order valence-electron chi connectivity index (χ3n) is 2.80. The second kappa shape index (κ2) is 4.98. The lowest BCUT2D eigenvalue weighted by atomic mass is 9.98. The van der Waals surface area contributed by atoms with Crippen molar-refractivity contribution in [2.75, 3.05) is 0 Å². The van der Waals surface area contributed by atoms with Crippen molar-refractivity contribution in [2.24, 2.45) is 0 Å². The second-order valence-electron chi connectivity index (χ2n) is 4.67. The first-order chi connectivity index (χ1) is 8.49. The number of halogens is 1. The number of benzene rings is 1. The van der Waals surface area contributed by atoms with Crippen molar-refractivity contribution in [2.45, 2.75) is 26.7 Å². The Morgan fingerprint density at radius 1 is 1.28 bits per heavy atom. The van der Waals surface area contributed by atoms with Gasteiger partial charge in [0.2, 0.25) is 0 Å². The number of nitrogens with zero attached hydrogens (tertiary/aromatic N) is 1. The van der Waals surface area contributed by atoms with E-state index in [1.54, 1.807) is 6.33 Å². The molecule has 1 aromatic heterocycles. The van der Waals surface area contributed by atoms with Crippen molar-refractivity contribution in [3.8, 4) is 11.3 Å². The summed E-state index contributed by atoms with van der Waals surface area (Å²) in [4.78, 5) is 7.18. The molecule has 94 valence electrons. The van der Waals surface area contributed by atoms with Crippen LogP contribution in [0.3, 0.4) is 0 Å². The van der Waals surface area contributed by atoms with Gasteiger partial charge in [-0.25, -0.2) is 9.37 Å². The van der Waals surface area contributed by atoms with Gasteiger partial charge in [0, 0.05) is 11.1 Å². The highest BCUT2D eigenvalue weighted by Crippen LogP contribution is 2.28. The molecule has 0 fully saturated rings. The average Bonchev–Trinajstić information content (AvgIpc) is 2.26. The third-order valence-corrected chi connectivity index (χ3v) is 3.12. The van der Waals surface area contributed by atoms with E-state index >= 15 is 0 Å². The summed E-state index contributed by atoms with van der Waals surface area (Å²) in [6.45, 7) is 5.98. The van der Waals surface area contributed by atoms with Crippen molar-refractivity contribution >= 4 is 12.2 Å². The maximum absolute atomic E-state index is 13.5. The summed E-state index contributed by atoms with van der Waals surface area (Å²) in [5, 5.41) is 0. The smallest absolute Gasteiger partial charge is 0.133 e. The molecule has 1 aromatic carbocycles. The number of hydrogen-bond donors (Lipinski definition) is 1. The highest BCUT2D eigenvalue weighted by molar-refractivity contribution is 7.71. The number of aryl methyl sites for hydroxylation is 1. The van der Waals surface area contributed by atoms with Gasteiger partial charge in [0.05, 0.1) is 12.0 Å². The first-order valence-corrected chi connectivity index (χ1v) is 6.25. The van der Waals surface area contributed by atoms with Crippen molar-refractivity contribution in [1.82, 2.24) is 9.97 Å². The van der Waals surface area contributed by atoms with Gasteiger partial charge in [-0.1, -0.05) is 26.1 Å². The van der Waals surface area contributed by atoms with Gasteiger partial charge in [-0.15, -0.1) is 0 Å². The Hall–Kier alpha value is -1.55. The molecule has 0 spiro atoms. The molecule has 0 saturated carbocycles. The summed E-state index contributed by atoms with van der Waals surface area (Å²) in [6, 6.07) is 4.96. The van der Waals surface area contributed by atoms with Crippen LogP contribution in [0.5, 0.6) is 0 Å². The Morgan fingerprint density at radius 3 is 2.61 bits per heavy atom. The monoisotopic (exact) mass is 262 g/mol. The molecule has 4 heteroatoms. The zero-order valence-corrected chi connectivity index (χ0v) is 11.4. The predicted molar refractivity (Wildman–Crippen MR) is 73.6 cm³/mol. The molecule has 0 bridgehead atoms. The number of rotatable bonds is 2. The fraction of sp³-hybridized carbons (Fsp3) is 0.286. The van der Waals surface area contributed by atoms with Crippen LogP contribution in [-0.4, -0.2) is 9.97 Å². The highest BCUT2D eigenvalue weighted by Gasteiger charge is 2.12. The van der Waals surface area contributed by atoms with Gasteiger partial charge < -0.3 is 4.98 Å². The van der Waals surface area contributed by atoms with E-state index in [-0.39, 0.29) is 11.7 Å². The standard InChI is InChI=1S/C14H15FN2S/c1-8(2)12-13(16-7-17-14(12)18)10-4-9(3)5-11(15)6-10/h4-8H,1-3H3,(H,16,17,18). The topological polar surface area (TPSA) is 28.7 Å². The lowest BCUT2D eigenvalue weighted by molar-refractivity contribution is 0.627. The zero-order valence-electron chi connectivity index (χ0n) is 10.6. The number of H-pyrrole nitrogens is 1. The molecule has 0 unspecified atom stereocenters. The largest absolute Gasteiger partial charge is 0.346 e. The van der Waals surface area contributed by atoms with Crippen LogP contribution < -0.4 is 0 Å². The van der Waals surface area contributed by atoms with Gasteiger partial charge in [0.15, 0.2) is 0 Å². The second-order valence-corrected chi connectivity index (χ2v) is 5.06. The number of nitrogens with one attached hydrogen (secondary N) is 1. The molecule has 2 aromatic rings. The molecule has 2 rings (SSSR count). The predicted octanol–water partition coefficient (Wildman–Crippen LogP) is 4.38. The van der Waals surface area contributed by atoms with E-state index in [4.69, 9.17) is 12.2 Å². The maximum Gasteiger partial charge on any atom is 0.133 e. The number of aromatic nitrogens is 2. The van der Waals surface area contributed by atoms with Crippen LogP contribution in [0.1, 0.15) is 30.9 Å². The normalized spacial score (nSPS) is 10.9. The van der Waals surface area contributed by atoms with Crippen LogP contribution in [0, 0.1) is 17.4 Å². The lowest BCUT2D eigenvalue weighted by Gasteiger charge is -2.13. The van der Waals surface area contributed by atoms with Crippen LogP contribution >= 0.6 is 12.2 Å². The summed E-state index contributed by atoms with van der Waals surface area (Å²) in [5.41, 5.74) is 3.51. The maximum atomic E-state index is 13.5. The van der Waals surface area contributed by atoms with Gasteiger partial charge in [0.25, 0.3) is 0 Å². The highest BCUT2D eigenvalue weighted by atomic mass is 32.1. The minimum absolute atomic E-state index is 0.237. The summed E-state index contributed by atoms with van der Waals surface area (Å²) in [5.74, 6) is -0.00291. The summed E-state index contributed by atoms with van der Waals surface area (Å²) < 4.78 is 14.1. The molecule has 18 heavy (non-hydrogen) atoms. The van der Waals surface area contributed by atoms with E-state index in [1.807, 2.05) is 13.0 Å². The van der Waals surface area contributed by atoms with E-state index in [2.05, 4.69) is 23.8 Å². The van der Waals surface area contributed by atoms with E-state index < -0.39 is 0 Å². The molecule has 0 aliphatic rings. The van der Waals surface area contributed by atoms with Crippen LogP contribution in [0.2, 0.25) is 0 Å². The Labute approximate surface area is 111 Å². The van der Waals surface area contributed by atoms with Crippen LogP contribution in [0.25, 0.3) is 11.3 Å². The summed E-state index contributed by atoms with van der Waals surface area (Å²) in [7, 11) is 0. The van der Waals surface area contributed by atoms with Crippen LogP contribution in [0.15, 0.2) is 24.5 Å². The molecule has 0 atom stereocenters. The quantitative estimate of drug-likeness (QED) is 0.814. The number of hydrogen-bond acceptors (Lipinski definition) is 2. The molecule has 0 aliphatic heterocycles. The molecule has 0 saturated heterocycles. The Bertz CT molecular complexity index is 612. The van der Waals surface area contributed by atoms with Crippen LogP contribution in [-0.2, 0) is 0 Å². The molecular weight excluding hydrogens is 247 g/mol. The van der Waals surface area contributed by atoms with Gasteiger partial charge in [-0.3, -0.25) is 0 Å². The summed E-state index contributed by atoms with van der Waals surface area (Å²) >= 11 is 5.26. The third kappa shape index (κ3) is 2.48. The van der Waals surface area contributed by atoms with Crippen molar-refractivity contribution in [3.05, 3.63) is 46.1 Å². The molecule has 0 radical (unpaired) electrons. The van der Waals surface area contributed by atoms with Crippen molar-refractivity contribution < 1.29 is 4.39 Å². The van der Waals surface area contributed by atoms with E-state index in [1.165, 1.54) is 12.1 Å². The number of aromatic amines is 1. The Balaban J connectivity index is 2.71. The van der Waals surface area contributed by atoms with E-state index in [9.17, 15) is 4.39 Å². The molecule has 0 aliphatic carbocycles. The molecule has 1 N–H and O–H groups in total. The van der Waals surface area contributed by atoms with Crippen LogP contribution in [0.4, 0.5) is 4.39 Å². The minimum atomic E-state index is -0.240. The molecule has 0 amide bonds. The zero-order chi connectivity index (χ0) is 13.3. The van der Waals surface area contributed by atoms with Gasteiger partial charge in [-0.2, -0.15) is 0 Å². The summed E-state index contributed by atoms with van der Waals surface area (Å²) in [6.07, 6.45) is 1.56. The Morgan fingerprint density at radius 2 is 2.00 bits per heavy atom. The first kappa shape index (κ1) is 12.9.